The summed E-state index contributed by atoms with van der Waals surface area (Å²) >= 11 is 0. The third-order valence-electron chi connectivity index (χ3n) is 5.06. The molecule has 1 saturated heterocycles. The van der Waals surface area contributed by atoms with E-state index in [4.69, 9.17) is 4.74 Å². The number of carbonyl (C=O) groups is 1. The molecule has 1 N–H and O–H groups in total. The van der Waals surface area contributed by atoms with Crippen LogP contribution in [0, 0.1) is 6.92 Å². The Labute approximate surface area is 166 Å². The molecule has 0 saturated carbocycles. The maximum Gasteiger partial charge on any atom is 0.241 e. The van der Waals surface area contributed by atoms with Gasteiger partial charge in [0.25, 0.3) is 0 Å². The van der Waals surface area contributed by atoms with Crippen molar-refractivity contribution in [2.24, 2.45) is 0 Å². The molecular formula is C21H26N2O4S. The molecule has 28 heavy (non-hydrogen) atoms. The number of carbonyl (C=O) groups excluding carboxylic acids is 1. The van der Waals surface area contributed by atoms with E-state index in [2.05, 4.69) is 4.72 Å². The van der Waals surface area contributed by atoms with Crippen molar-refractivity contribution in [3.63, 3.8) is 0 Å². The Kier molecular flexibility index (Phi) is 6.05. The van der Waals surface area contributed by atoms with Crippen molar-refractivity contribution in [1.82, 2.24) is 4.72 Å². The molecule has 2 aromatic rings. The molecule has 150 valence electrons. The molecule has 0 bridgehead atoms. The fraction of sp³-hybridized carbons (Fsp3) is 0.381. The largest absolute Gasteiger partial charge is 0.496 e. The topological polar surface area (TPSA) is 75.7 Å². The number of anilines is 1. The Bertz CT molecular complexity index is 955. The summed E-state index contributed by atoms with van der Waals surface area (Å²) in [5.41, 5.74) is 2.58. The summed E-state index contributed by atoms with van der Waals surface area (Å²) in [6.45, 7) is 4.55. The molecule has 1 heterocycles. The highest BCUT2D eigenvalue weighted by Crippen LogP contribution is 2.27. The van der Waals surface area contributed by atoms with Gasteiger partial charge in [-0.25, -0.2) is 13.1 Å². The molecule has 0 spiro atoms. The summed E-state index contributed by atoms with van der Waals surface area (Å²) in [7, 11) is -2.07. The smallest absolute Gasteiger partial charge is 0.241 e. The third-order valence-corrected chi connectivity index (χ3v) is 6.55. The molecule has 1 aliphatic heterocycles. The van der Waals surface area contributed by atoms with Gasteiger partial charge in [-0.15, -0.1) is 0 Å². The van der Waals surface area contributed by atoms with Crippen LogP contribution in [0.25, 0.3) is 0 Å². The fourth-order valence-corrected chi connectivity index (χ4v) is 4.79. The second-order valence-corrected chi connectivity index (χ2v) is 8.67. The zero-order valence-corrected chi connectivity index (χ0v) is 17.3. The molecule has 0 aromatic heterocycles. The summed E-state index contributed by atoms with van der Waals surface area (Å²) < 4.78 is 33.8. The molecule has 1 amide bonds. The number of hydrogen-bond acceptors (Lipinski definition) is 4. The van der Waals surface area contributed by atoms with E-state index < -0.39 is 10.0 Å². The predicted molar refractivity (Wildman–Crippen MR) is 109 cm³/mol. The van der Waals surface area contributed by atoms with Crippen LogP contribution in [-0.4, -0.2) is 28.0 Å². The molecule has 2 aromatic carbocycles. The van der Waals surface area contributed by atoms with Crippen LogP contribution < -0.4 is 14.4 Å². The van der Waals surface area contributed by atoms with Gasteiger partial charge in [0.1, 0.15) is 5.75 Å². The van der Waals surface area contributed by atoms with Gasteiger partial charge in [-0.2, -0.15) is 0 Å². The van der Waals surface area contributed by atoms with E-state index in [1.807, 2.05) is 32.0 Å². The normalized spacial score (nSPS) is 15.7. The van der Waals surface area contributed by atoms with Gasteiger partial charge in [-0.1, -0.05) is 19.1 Å². The van der Waals surface area contributed by atoms with Gasteiger partial charge in [-0.3, -0.25) is 4.79 Å². The number of rotatable bonds is 7. The van der Waals surface area contributed by atoms with Crippen LogP contribution in [0.2, 0.25) is 0 Å². The Morgan fingerprint density at radius 1 is 1.18 bits per heavy atom. The van der Waals surface area contributed by atoms with Crippen molar-refractivity contribution < 1.29 is 17.9 Å². The van der Waals surface area contributed by atoms with E-state index in [0.717, 1.165) is 29.0 Å². The first-order valence-corrected chi connectivity index (χ1v) is 10.9. The lowest BCUT2D eigenvalue weighted by atomic mass is 10.0. The zero-order valence-electron chi connectivity index (χ0n) is 16.4. The highest BCUT2D eigenvalue weighted by molar-refractivity contribution is 7.89. The average molecular weight is 403 g/mol. The first kappa shape index (κ1) is 20.4. The lowest BCUT2D eigenvalue weighted by molar-refractivity contribution is -0.117. The quantitative estimate of drug-likeness (QED) is 0.768. The van der Waals surface area contributed by atoms with Crippen LogP contribution in [0.3, 0.4) is 0 Å². The number of nitrogens with zero attached hydrogens (tertiary/aromatic N) is 1. The van der Waals surface area contributed by atoms with Crippen LogP contribution >= 0.6 is 0 Å². The van der Waals surface area contributed by atoms with Gasteiger partial charge >= 0.3 is 0 Å². The number of sulfonamides is 1. The number of aryl methyl sites for hydroxylation is 1. The molecule has 0 radical (unpaired) electrons. The van der Waals surface area contributed by atoms with Crippen molar-refractivity contribution >= 4 is 21.6 Å². The summed E-state index contributed by atoms with van der Waals surface area (Å²) in [5, 5.41) is 0. The first-order chi connectivity index (χ1) is 13.4. The van der Waals surface area contributed by atoms with Crippen molar-refractivity contribution in [3.05, 3.63) is 53.6 Å². The standard InChI is InChI=1S/C21H26N2O4S/c1-4-19(16-7-12-20(27-3)15(2)14-16)22-28(25,26)18-10-8-17(9-11-18)23-13-5-6-21(23)24/h7-12,14,19,22H,4-6,13H2,1-3H3/t19-/m1/s1. The molecule has 7 heteroatoms. The van der Waals surface area contributed by atoms with Crippen molar-refractivity contribution in [1.29, 1.82) is 0 Å². The number of methoxy groups -OCH3 is 1. The Morgan fingerprint density at radius 2 is 1.89 bits per heavy atom. The second kappa shape index (κ2) is 8.32. The van der Waals surface area contributed by atoms with Crippen LogP contribution in [0.4, 0.5) is 5.69 Å². The molecule has 1 fully saturated rings. The molecular weight excluding hydrogens is 376 g/mol. The van der Waals surface area contributed by atoms with Gasteiger partial charge in [0, 0.05) is 24.7 Å². The number of ether oxygens (including phenoxy) is 1. The minimum absolute atomic E-state index is 0.0784. The Balaban J connectivity index is 1.79. The SMILES string of the molecule is CC[C@@H](NS(=O)(=O)c1ccc(N2CCCC2=O)cc1)c1ccc(OC)c(C)c1. The number of benzene rings is 2. The molecule has 1 aliphatic rings. The predicted octanol–water partition coefficient (Wildman–Crippen LogP) is 3.56. The molecule has 6 nitrogen and oxygen atoms in total. The van der Waals surface area contributed by atoms with Crippen LogP contribution in [0.1, 0.15) is 43.4 Å². The fourth-order valence-electron chi connectivity index (χ4n) is 3.49. The number of hydrogen-bond donors (Lipinski definition) is 1. The second-order valence-electron chi connectivity index (χ2n) is 6.95. The Morgan fingerprint density at radius 3 is 2.43 bits per heavy atom. The summed E-state index contributed by atoms with van der Waals surface area (Å²) in [5.74, 6) is 0.850. The monoisotopic (exact) mass is 402 g/mol. The lowest BCUT2D eigenvalue weighted by Crippen LogP contribution is -2.28. The average Bonchev–Trinajstić information content (AvgIpc) is 3.12. The van der Waals surface area contributed by atoms with Gasteiger partial charge in [0.15, 0.2) is 0 Å². The minimum Gasteiger partial charge on any atom is -0.496 e. The van der Waals surface area contributed by atoms with Gasteiger partial charge in [-0.05, 0) is 61.2 Å². The molecule has 0 aliphatic carbocycles. The highest BCUT2D eigenvalue weighted by Gasteiger charge is 2.24. The summed E-state index contributed by atoms with van der Waals surface area (Å²) in [6, 6.07) is 11.8. The van der Waals surface area contributed by atoms with Gasteiger partial charge in [0.05, 0.1) is 12.0 Å². The van der Waals surface area contributed by atoms with E-state index >= 15 is 0 Å². The number of nitrogens with one attached hydrogen (secondary N) is 1. The van der Waals surface area contributed by atoms with Crippen LogP contribution in [0.15, 0.2) is 47.4 Å². The summed E-state index contributed by atoms with van der Waals surface area (Å²) in [4.78, 5) is 13.7. The van der Waals surface area contributed by atoms with E-state index in [9.17, 15) is 13.2 Å². The first-order valence-electron chi connectivity index (χ1n) is 9.43. The van der Waals surface area contributed by atoms with Crippen LogP contribution in [-0.2, 0) is 14.8 Å². The van der Waals surface area contributed by atoms with Crippen molar-refractivity contribution in [2.45, 2.75) is 44.0 Å². The minimum atomic E-state index is -3.69. The van der Waals surface area contributed by atoms with Crippen LogP contribution in [0.5, 0.6) is 5.75 Å². The van der Waals surface area contributed by atoms with Crippen molar-refractivity contribution in [2.75, 3.05) is 18.6 Å². The van der Waals surface area contributed by atoms with Gasteiger partial charge in [0.2, 0.25) is 15.9 Å². The van der Waals surface area contributed by atoms with Gasteiger partial charge < -0.3 is 9.64 Å². The number of amides is 1. The molecule has 1 atom stereocenters. The highest BCUT2D eigenvalue weighted by atomic mass is 32.2. The zero-order chi connectivity index (χ0) is 20.3. The molecule has 0 unspecified atom stereocenters. The summed E-state index contributed by atoms with van der Waals surface area (Å²) in [6.07, 6.45) is 1.99. The van der Waals surface area contributed by atoms with Crippen molar-refractivity contribution in [3.8, 4) is 5.75 Å². The molecule has 3 rings (SSSR count). The maximum atomic E-state index is 12.9. The van der Waals surface area contributed by atoms with E-state index in [-0.39, 0.29) is 16.8 Å². The Hall–Kier alpha value is -2.38. The van der Waals surface area contributed by atoms with E-state index in [1.165, 1.54) is 0 Å². The maximum absolute atomic E-state index is 12.9. The lowest BCUT2D eigenvalue weighted by Gasteiger charge is -2.20. The van der Waals surface area contributed by atoms with E-state index in [0.29, 0.717) is 19.4 Å². The third kappa shape index (κ3) is 4.20. The van der Waals surface area contributed by atoms with E-state index in [1.54, 1.807) is 36.3 Å².